The van der Waals surface area contributed by atoms with Crippen molar-refractivity contribution in [2.45, 2.75) is 45.1 Å². The summed E-state index contributed by atoms with van der Waals surface area (Å²) in [5.74, 6) is 0.487. The molecule has 1 saturated carbocycles. The van der Waals surface area contributed by atoms with Crippen LogP contribution in [0.2, 0.25) is 0 Å². The van der Waals surface area contributed by atoms with Gasteiger partial charge in [0.2, 0.25) is 0 Å². The topological polar surface area (TPSA) is 29.5 Å². The van der Waals surface area contributed by atoms with Crippen molar-refractivity contribution in [1.82, 2.24) is 0 Å². The third kappa shape index (κ3) is 2.61. The van der Waals surface area contributed by atoms with Gasteiger partial charge in [-0.05, 0) is 32.1 Å². The standard InChI is InChI=1S/C10H18O2/c1-8(2)7-9-5-3-4-6-10(9)12-11/h9-11H,1,3-7H2,2H3/t9-,10-/m1/s1. The predicted octanol–water partition coefficient (Wildman–Crippen LogP) is 3.00. The molecule has 0 aliphatic heterocycles. The van der Waals surface area contributed by atoms with Crippen molar-refractivity contribution in [3.05, 3.63) is 12.2 Å². The molecule has 0 unspecified atom stereocenters. The molecule has 70 valence electrons. The average molecular weight is 170 g/mol. The molecule has 0 aromatic heterocycles. The Morgan fingerprint density at radius 2 is 2.17 bits per heavy atom. The molecule has 0 aromatic rings. The molecule has 1 aliphatic carbocycles. The highest BCUT2D eigenvalue weighted by Gasteiger charge is 2.25. The van der Waals surface area contributed by atoms with Crippen LogP contribution in [0.25, 0.3) is 0 Å². The molecule has 0 amide bonds. The van der Waals surface area contributed by atoms with Gasteiger partial charge in [-0.1, -0.05) is 18.4 Å². The first-order valence-electron chi connectivity index (χ1n) is 4.68. The van der Waals surface area contributed by atoms with Gasteiger partial charge in [0.05, 0.1) is 6.10 Å². The van der Waals surface area contributed by atoms with Crippen LogP contribution in [0.15, 0.2) is 12.2 Å². The van der Waals surface area contributed by atoms with Gasteiger partial charge in [-0.3, -0.25) is 5.26 Å². The fourth-order valence-corrected chi connectivity index (χ4v) is 1.99. The lowest BCUT2D eigenvalue weighted by molar-refractivity contribution is -0.295. The van der Waals surface area contributed by atoms with E-state index in [4.69, 9.17) is 5.26 Å². The molecule has 2 heteroatoms. The monoisotopic (exact) mass is 170 g/mol. The molecule has 1 fully saturated rings. The highest BCUT2D eigenvalue weighted by molar-refractivity contribution is 4.93. The van der Waals surface area contributed by atoms with Crippen LogP contribution in [0, 0.1) is 5.92 Å². The molecular formula is C10H18O2. The van der Waals surface area contributed by atoms with Crippen molar-refractivity contribution in [3.8, 4) is 0 Å². The van der Waals surface area contributed by atoms with Crippen LogP contribution in [0.5, 0.6) is 0 Å². The first-order valence-corrected chi connectivity index (χ1v) is 4.68. The minimum absolute atomic E-state index is 0.0513. The zero-order valence-electron chi connectivity index (χ0n) is 7.75. The lowest BCUT2D eigenvalue weighted by Gasteiger charge is -2.28. The maximum atomic E-state index is 8.64. The summed E-state index contributed by atoms with van der Waals surface area (Å²) >= 11 is 0. The highest BCUT2D eigenvalue weighted by Crippen LogP contribution is 2.30. The maximum Gasteiger partial charge on any atom is 0.0958 e. The normalized spacial score (nSPS) is 30.2. The van der Waals surface area contributed by atoms with Crippen LogP contribution in [-0.2, 0) is 4.89 Å². The molecule has 2 atom stereocenters. The number of hydrogen-bond acceptors (Lipinski definition) is 2. The fraction of sp³-hybridized carbons (Fsp3) is 0.800. The lowest BCUT2D eigenvalue weighted by atomic mass is 9.83. The minimum atomic E-state index is 0.0513. The van der Waals surface area contributed by atoms with Crippen LogP contribution < -0.4 is 0 Å². The van der Waals surface area contributed by atoms with Gasteiger partial charge in [0, 0.05) is 0 Å². The Morgan fingerprint density at radius 3 is 2.75 bits per heavy atom. The van der Waals surface area contributed by atoms with Crippen LogP contribution in [0.4, 0.5) is 0 Å². The zero-order chi connectivity index (χ0) is 8.97. The number of allylic oxidation sites excluding steroid dienone is 1. The molecule has 1 N–H and O–H groups in total. The third-order valence-electron chi connectivity index (χ3n) is 2.59. The van der Waals surface area contributed by atoms with Crippen LogP contribution in [-0.4, -0.2) is 11.4 Å². The summed E-state index contributed by atoms with van der Waals surface area (Å²) in [7, 11) is 0. The van der Waals surface area contributed by atoms with Gasteiger partial charge in [0.25, 0.3) is 0 Å². The quantitative estimate of drug-likeness (QED) is 0.401. The Labute approximate surface area is 74.2 Å². The average Bonchev–Trinajstić information content (AvgIpc) is 2.04. The Hall–Kier alpha value is -0.340. The van der Waals surface area contributed by atoms with Crippen molar-refractivity contribution in [3.63, 3.8) is 0 Å². The maximum absolute atomic E-state index is 8.64. The largest absolute Gasteiger partial charge is 0.252 e. The first-order chi connectivity index (χ1) is 5.74. The van der Waals surface area contributed by atoms with Crippen molar-refractivity contribution in [2.24, 2.45) is 5.92 Å². The Kier molecular flexibility index (Phi) is 3.76. The second-order valence-electron chi connectivity index (χ2n) is 3.85. The van der Waals surface area contributed by atoms with E-state index in [9.17, 15) is 0 Å². The van der Waals surface area contributed by atoms with Crippen molar-refractivity contribution < 1.29 is 10.1 Å². The van der Waals surface area contributed by atoms with Gasteiger partial charge in [-0.25, -0.2) is 4.89 Å². The molecule has 0 bridgehead atoms. The number of rotatable bonds is 3. The summed E-state index contributed by atoms with van der Waals surface area (Å²) < 4.78 is 0. The van der Waals surface area contributed by atoms with Gasteiger partial charge in [0.1, 0.15) is 0 Å². The number of hydrogen-bond donors (Lipinski definition) is 1. The Bertz CT molecular complexity index is 154. The lowest BCUT2D eigenvalue weighted by Crippen LogP contribution is -2.26. The van der Waals surface area contributed by atoms with E-state index in [0.717, 1.165) is 19.3 Å². The summed E-state index contributed by atoms with van der Waals surface area (Å²) in [6.45, 7) is 5.91. The summed E-state index contributed by atoms with van der Waals surface area (Å²) in [6, 6.07) is 0. The zero-order valence-corrected chi connectivity index (χ0v) is 7.75. The predicted molar refractivity (Wildman–Crippen MR) is 48.9 cm³/mol. The molecule has 0 spiro atoms. The molecule has 2 nitrogen and oxygen atoms in total. The first kappa shape index (κ1) is 9.75. The molecule has 0 heterocycles. The van der Waals surface area contributed by atoms with Gasteiger partial charge in [-0.15, -0.1) is 6.58 Å². The molecule has 0 saturated heterocycles. The smallest absolute Gasteiger partial charge is 0.0958 e. The van der Waals surface area contributed by atoms with E-state index >= 15 is 0 Å². The summed E-state index contributed by atoms with van der Waals surface area (Å²) in [6.07, 6.45) is 5.64. The van der Waals surface area contributed by atoms with Crippen molar-refractivity contribution in [1.29, 1.82) is 0 Å². The summed E-state index contributed by atoms with van der Waals surface area (Å²) in [4.78, 5) is 4.46. The van der Waals surface area contributed by atoms with Gasteiger partial charge >= 0.3 is 0 Å². The second-order valence-corrected chi connectivity index (χ2v) is 3.85. The van der Waals surface area contributed by atoms with E-state index in [0.29, 0.717) is 5.92 Å². The van der Waals surface area contributed by atoms with E-state index in [1.54, 1.807) is 0 Å². The molecule has 1 rings (SSSR count). The molecule has 0 aromatic carbocycles. The molecule has 1 aliphatic rings. The van der Waals surface area contributed by atoms with Crippen LogP contribution >= 0.6 is 0 Å². The summed E-state index contributed by atoms with van der Waals surface area (Å²) in [5, 5.41) is 8.64. The Morgan fingerprint density at radius 1 is 1.50 bits per heavy atom. The minimum Gasteiger partial charge on any atom is -0.252 e. The van der Waals surface area contributed by atoms with E-state index in [-0.39, 0.29) is 6.10 Å². The van der Waals surface area contributed by atoms with Gasteiger partial charge in [0.15, 0.2) is 0 Å². The van der Waals surface area contributed by atoms with Gasteiger partial charge < -0.3 is 0 Å². The molecular weight excluding hydrogens is 152 g/mol. The van der Waals surface area contributed by atoms with Crippen LogP contribution in [0.1, 0.15) is 39.0 Å². The van der Waals surface area contributed by atoms with Crippen molar-refractivity contribution >= 4 is 0 Å². The molecule has 0 radical (unpaired) electrons. The fourth-order valence-electron chi connectivity index (χ4n) is 1.99. The van der Waals surface area contributed by atoms with E-state index in [2.05, 4.69) is 11.5 Å². The van der Waals surface area contributed by atoms with Crippen LogP contribution in [0.3, 0.4) is 0 Å². The Balaban J connectivity index is 2.41. The van der Waals surface area contributed by atoms with E-state index in [1.165, 1.54) is 18.4 Å². The van der Waals surface area contributed by atoms with Gasteiger partial charge in [-0.2, -0.15) is 0 Å². The molecule has 12 heavy (non-hydrogen) atoms. The summed E-state index contributed by atoms with van der Waals surface area (Å²) in [5.41, 5.74) is 1.18. The van der Waals surface area contributed by atoms with E-state index in [1.807, 2.05) is 6.92 Å². The van der Waals surface area contributed by atoms with Crippen molar-refractivity contribution in [2.75, 3.05) is 0 Å². The SMILES string of the molecule is C=C(C)C[C@H]1CCCC[C@H]1OO. The highest BCUT2D eigenvalue weighted by atomic mass is 17.1. The van der Waals surface area contributed by atoms with E-state index < -0.39 is 0 Å². The second kappa shape index (κ2) is 4.63. The third-order valence-corrected chi connectivity index (χ3v) is 2.59.